The molecule has 3 rings (SSSR count). The molecule has 0 amide bonds. The monoisotopic (exact) mass is 468 g/mol. The van der Waals surface area contributed by atoms with E-state index in [1.807, 2.05) is 0 Å². The Kier molecular flexibility index (Phi) is 8.79. The first-order valence-electron chi connectivity index (χ1n) is 10.7. The molecule has 14 atom stereocenters. The lowest BCUT2D eigenvalue weighted by molar-refractivity contribution is -0.319. The molecule has 0 spiro atoms. The van der Waals surface area contributed by atoms with E-state index in [4.69, 9.17) is 41.9 Å². The summed E-state index contributed by atoms with van der Waals surface area (Å²) < 4.78 is 22.5. The van der Waals surface area contributed by atoms with Crippen LogP contribution in [0, 0.1) is 0 Å². The van der Waals surface area contributed by atoms with Gasteiger partial charge in [0.1, 0.15) is 48.8 Å². The van der Waals surface area contributed by atoms with E-state index in [2.05, 4.69) is 0 Å². The van der Waals surface area contributed by atoms with Gasteiger partial charge in [-0.15, -0.1) is 0 Å². The van der Waals surface area contributed by atoms with Crippen molar-refractivity contribution in [2.45, 2.75) is 98.5 Å². The Morgan fingerprint density at radius 1 is 0.594 bits per heavy atom. The lowest BCUT2D eigenvalue weighted by Crippen LogP contribution is -2.64. The average molecular weight is 469 g/mol. The Hall–Kier alpha value is -0.560. The quantitative estimate of drug-likeness (QED) is 0.174. The van der Waals surface area contributed by atoms with E-state index in [1.54, 1.807) is 0 Å². The van der Waals surface area contributed by atoms with Crippen LogP contribution in [0.2, 0.25) is 0 Å². The molecule has 2 saturated heterocycles. The first-order chi connectivity index (χ1) is 15.1. The lowest BCUT2D eigenvalue weighted by atomic mass is 9.86. The first-order valence-corrected chi connectivity index (χ1v) is 10.7. The molecule has 3 aliphatic rings. The van der Waals surface area contributed by atoms with Crippen LogP contribution in [0.25, 0.3) is 0 Å². The molecule has 2 heterocycles. The van der Waals surface area contributed by atoms with E-state index in [-0.39, 0.29) is 25.9 Å². The molecule has 2 aliphatic heterocycles. The lowest BCUT2D eigenvalue weighted by Gasteiger charge is -2.46. The number of aliphatic hydroxyl groups excluding tert-OH is 6. The maximum Gasteiger partial charge on any atom is 0.186 e. The number of rotatable bonds is 6. The normalized spacial score (nSPS) is 52.7. The fourth-order valence-corrected chi connectivity index (χ4v) is 4.29. The van der Waals surface area contributed by atoms with Gasteiger partial charge in [-0.05, 0) is 12.8 Å². The van der Waals surface area contributed by atoms with E-state index < -0.39 is 85.7 Å². The van der Waals surface area contributed by atoms with Gasteiger partial charge in [-0.1, -0.05) is 0 Å². The third-order valence-electron chi connectivity index (χ3n) is 6.38. The van der Waals surface area contributed by atoms with Crippen LogP contribution in [0.5, 0.6) is 0 Å². The van der Waals surface area contributed by atoms with Crippen molar-refractivity contribution in [3.05, 3.63) is 0 Å². The molecule has 0 bridgehead atoms. The van der Waals surface area contributed by atoms with Gasteiger partial charge >= 0.3 is 0 Å². The Bertz CT molecular complexity index is 554. The van der Waals surface area contributed by atoms with Gasteiger partial charge < -0.3 is 72.5 Å². The summed E-state index contributed by atoms with van der Waals surface area (Å²) in [6.45, 7) is -0.184. The third kappa shape index (κ3) is 5.24. The van der Waals surface area contributed by atoms with E-state index >= 15 is 0 Å². The van der Waals surface area contributed by atoms with E-state index in [9.17, 15) is 30.6 Å². The SMILES string of the molecule is NC[C@H]1O[C@H](O[C@@H]2C[C@@H](N)[C@H](O[C@@H]3O[C@H](CN)[C@@H](O)[C@H](O)[C@H]3O)C[C@H]2N)[C@H](O)[C@@H](O)[C@@H]1O. The van der Waals surface area contributed by atoms with Crippen molar-refractivity contribution in [3.63, 3.8) is 0 Å². The summed E-state index contributed by atoms with van der Waals surface area (Å²) in [5.74, 6) is 0. The van der Waals surface area contributed by atoms with E-state index in [0.717, 1.165) is 0 Å². The predicted molar refractivity (Wildman–Crippen MR) is 106 cm³/mol. The summed E-state index contributed by atoms with van der Waals surface area (Å²) in [6.07, 6.45) is -14.1. The molecule has 14 N–H and O–H groups in total. The molecule has 1 saturated carbocycles. The van der Waals surface area contributed by atoms with Crippen LogP contribution in [-0.2, 0) is 18.9 Å². The summed E-state index contributed by atoms with van der Waals surface area (Å²) in [6, 6.07) is -1.25. The van der Waals surface area contributed by atoms with Crippen LogP contribution in [0.1, 0.15) is 12.8 Å². The van der Waals surface area contributed by atoms with Gasteiger partial charge in [0.05, 0.1) is 12.2 Å². The van der Waals surface area contributed by atoms with E-state index in [0.29, 0.717) is 0 Å². The van der Waals surface area contributed by atoms with Crippen LogP contribution in [-0.4, -0.2) is 129 Å². The minimum absolute atomic E-state index is 0.0922. The summed E-state index contributed by atoms with van der Waals surface area (Å²) >= 11 is 0. The van der Waals surface area contributed by atoms with E-state index in [1.165, 1.54) is 0 Å². The van der Waals surface area contributed by atoms with Gasteiger partial charge in [-0.25, -0.2) is 0 Å². The maximum absolute atomic E-state index is 10.2. The molecule has 0 aromatic carbocycles. The van der Waals surface area contributed by atoms with Gasteiger partial charge in [0, 0.05) is 25.2 Å². The second kappa shape index (κ2) is 10.8. The Labute approximate surface area is 185 Å². The number of nitrogens with two attached hydrogens (primary N) is 4. The van der Waals surface area contributed by atoms with Crippen molar-refractivity contribution in [1.29, 1.82) is 0 Å². The molecule has 32 heavy (non-hydrogen) atoms. The van der Waals surface area contributed by atoms with Crippen LogP contribution < -0.4 is 22.9 Å². The van der Waals surface area contributed by atoms with Gasteiger partial charge in [-0.2, -0.15) is 0 Å². The van der Waals surface area contributed by atoms with Gasteiger partial charge in [-0.3, -0.25) is 0 Å². The molecule has 14 nitrogen and oxygen atoms in total. The topological polar surface area (TPSA) is 262 Å². The van der Waals surface area contributed by atoms with Crippen molar-refractivity contribution >= 4 is 0 Å². The highest BCUT2D eigenvalue weighted by atomic mass is 16.7. The molecule has 3 fully saturated rings. The smallest absolute Gasteiger partial charge is 0.186 e. The number of aliphatic hydroxyl groups is 6. The molecule has 0 aromatic heterocycles. The average Bonchev–Trinajstić information content (AvgIpc) is 2.77. The van der Waals surface area contributed by atoms with Gasteiger partial charge in [0.15, 0.2) is 12.6 Å². The van der Waals surface area contributed by atoms with Crippen molar-refractivity contribution in [3.8, 4) is 0 Å². The van der Waals surface area contributed by atoms with Crippen LogP contribution in [0.3, 0.4) is 0 Å². The number of hydrogen-bond donors (Lipinski definition) is 10. The highest BCUT2D eigenvalue weighted by Gasteiger charge is 2.48. The zero-order valence-electron chi connectivity index (χ0n) is 17.5. The fourth-order valence-electron chi connectivity index (χ4n) is 4.29. The largest absolute Gasteiger partial charge is 0.388 e. The second-order valence-corrected chi connectivity index (χ2v) is 8.65. The first kappa shape index (κ1) is 26.1. The highest BCUT2D eigenvalue weighted by Crippen LogP contribution is 2.30. The maximum atomic E-state index is 10.2. The summed E-state index contributed by atoms with van der Waals surface area (Å²) in [7, 11) is 0. The van der Waals surface area contributed by atoms with Crippen molar-refractivity contribution < 1.29 is 49.6 Å². The molecular formula is C18H36N4O10. The molecule has 0 unspecified atom stereocenters. The van der Waals surface area contributed by atoms with Crippen LogP contribution >= 0.6 is 0 Å². The molecular weight excluding hydrogens is 432 g/mol. The zero-order chi connectivity index (χ0) is 23.7. The van der Waals surface area contributed by atoms with Crippen molar-refractivity contribution in [2.75, 3.05) is 13.1 Å². The minimum atomic E-state index is -1.52. The summed E-state index contributed by atoms with van der Waals surface area (Å²) in [5, 5.41) is 60.2. The highest BCUT2D eigenvalue weighted by molar-refractivity contribution is 4.96. The van der Waals surface area contributed by atoms with Gasteiger partial charge in [0.2, 0.25) is 0 Å². The molecule has 0 aromatic rings. The Morgan fingerprint density at radius 2 is 0.938 bits per heavy atom. The molecule has 14 heteroatoms. The van der Waals surface area contributed by atoms with Crippen molar-refractivity contribution in [1.82, 2.24) is 0 Å². The minimum Gasteiger partial charge on any atom is -0.388 e. The summed E-state index contributed by atoms with van der Waals surface area (Å²) in [5.41, 5.74) is 23.5. The Morgan fingerprint density at radius 3 is 1.25 bits per heavy atom. The second-order valence-electron chi connectivity index (χ2n) is 8.65. The standard InChI is InChI=1S/C18H36N4O10/c19-3-9-11(23)13(25)15(27)17(31-9)29-7-1-5(21)8(2-6(7)22)30-18-16(28)14(26)12(24)10(4-20)32-18/h5-18,23-28H,1-4,19-22H2/t5-,6-,7-,8-,9-,10-,11-,12-,13+,14+,15-,16-,17-,18+/m1/s1. The zero-order valence-corrected chi connectivity index (χ0v) is 17.5. The summed E-state index contributed by atoms with van der Waals surface area (Å²) in [4.78, 5) is 0. The fraction of sp³-hybridized carbons (Fsp3) is 1.00. The molecule has 1 aliphatic carbocycles. The number of hydrogen-bond acceptors (Lipinski definition) is 14. The van der Waals surface area contributed by atoms with Crippen LogP contribution in [0.15, 0.2) is 0 Å². The van der Waals surface area contributed by atoms with Gasteiger partial charge in [0.25, 0.3) is 0 Å². The molecule has 0 radical (unpaired) electrons. The number of ether oxygens (including phenoxy) is 4. The van der Waals surface area contributed by atoms with Crippen LogP contribution in [0.4, 0.5) is 0 Å². The molecule has 188 valence electrons. The Balaban J connectivity index is 1.59. The predicted octanol–water partition coefficient (Wildman–Crippen LogP) is -6.26. The van der Waals surface area contributed by atoms with Crippen molar-refractivity contribution in [2.24, 2.45) is 22.9 Å². The third-order valence-corrected chi connectivity index (χ3v) is 6.38.